The minimum Gasteiger partial charge on any atom is -0.380 e. The third kappa shape index (κ3) is 4.43. The van der Waals surface area contributed by atoms with Gasteiger partial charge in [-0.3, -0.25) is 14.0 Å². The zero-order valence-electron chi connectivity index (χ0n) is 9.08. The number of aliphatic hydroxyl groups is 1. The van der Waals surface area contributed by atoms with Crippen molar-refractivity contribution < 1.29 is 33.8 Å². The molecule has 5 N–H and O–H groups in total. The molecule has 0 aromatic rings. The lowest BCUT2D eigenvalue weighted by Gasteiger charge is -2.29. The van der Waals surface area contributed by atoms with E-state index in [-0.39, 0.29) is 0 Å². The fraction of sp³-hybridized carbons (Fsp3) is 1.00. The van der Waals surface area contributed by atoms with Gasteiger partial charge in [0.15, 0.2) is 5.85 Å². The van der Waals surface area contributed by atoms with Crippen LogP contribution in [0.4, 0.5) is 0 Å². The predicted molar refractivity (Wildman–Crippen MR) is 59.3 cm³/mol. The van der Waals surface area contributed by atoms with Gasteiger partial charge in [0, 0.05) is 6.42 Å². The van der Waals surface area contributed by atoms with Crippen molar-refractivity contribution in [2.24, 2.45) is 0 Å². The quantitative estimate of drug-likeness (QED) is 0.426. The van der Waals surface area contributed by atoms with Crippen molar-refractivity contribution in [2.45, 2.75) is 30.9 Å². The molecular weight excluding hydrogens is 272 g/mol. The molecule has 0 amide bonds. The van der Waals surface area contributed by atoms with Gasteiger partial charge in [-0.05, 0) is 25.9 Å². The minimum absolute atomic E-state index is 0.462. The molecule has 1 saturated heterocycles. The van der Waals surface area contributed by atoms with Gasteiger partial charge in [-0.15, -0.1) is 0 Å². The van der Waals surface area contributed by atoms with Crippen molar-refractivity contribution in [3.8, 4) is 0 Å². The maximum Gasteiger partial charge on any atom is 0.353 e. The van der Waals surface area contributed by atoms with Crippen molar-refractivity contribution in [2.75, 3.05) is 13.1 Å². The normalized spacial score (nSPS) is 22.6. The van der Waals surface area contributed by atoms with Crippen LogP contribution in [0.2, 0.25) is 0 Å². The maximum absolute atomic E-state index is 11.3. The zero-order valence-corrected chi connectivity index (χ0v) is 10.9. The Morgan fingerprint density at radius 3 is 1.82 bits per heavy atom. The van der Waals surface area contributed by atoms with Gasteiger partial charge in [0.1, 0.15) is 5.78 Å². The van der Waals surface area contributed by atoms with Crippen LogP contribution in [0.5, 0.6) is 0 Å². The first-order valence-corrected chi connectivity index (χ1v) is 8.51. The number of likely N-dealkylation sites (tertiary alicyclic amines) is 1. The molecule has 1 rings (SSSR count). The van der Waals surface area contributed by atoms with E-state index in [0.717, 1.165) is 12.8 Å². The van der Waals surface area contributed by atoms with Crippen LogP contribution in [-0.4, -0.2) is 54.3 Å². The van der Waals surface area contributed by atoms with Crippen molar-refractivity contribution in [1.29, 1.82) is 0 Å². The van der Waals surface area contributed by atoms with Gasteiger partial charge in [0.05, 0.1) is 0 Å². The van der Waals surface area contributed by atoms with Crippen molar-refractivity contribution in [3.63, 3.8) is 0 Å². The summed E-state index contributed by atoms with van der Waals surface area (Å²) in [5.74, 6) is -3.37. The topological polar surface area (TPSA) is 139 Å². The Morgan fingerprint density at radius 2 is 1.47 bits per heavy atom. The molecule has 1 aliphatic heterocycles. The van der Waals surface area contributed by atoms with Crippen LogP contribution in [0.1, 0.15) is 19.3 Å². The first kappa shape index (κ1) is 15.3. The molecule has 0 radical (unpaired) electrons. The second-order valence-corrected chi connectivity index (χ2v) is 7.67. The van der Waals surface area contributed by atoms with Crippen LogP contribution in [0.25, 0.3) is 0 Å². The van der Waals surface area contributed by atoms with Crippen LogP contribution in [-0.2, 0) is 9.13 Å². The Balaban J connectivity index is 2.78. The smallest absolute Gasteiger partial charge is 0.353 e. The van der Waals surface area contributed by atoms with Crippen molar-refractivity contribution >= 4 is 15.2 Å². The summed E-state index contributed by atoms with van der Waals surface area (Å²) in [6.45, 7) is 0.924. The van der Waals surface area contributed by atoms with Gasteiger partial charge in [0.2, 0.25) is 0 Å². The lowest BCUT2D eigenvalue weighted by Crippen LogP contribution is -2.35. The van der Waals surface area contributed by atoms with Gasteiger partial charge < -0.3 is 24.7 Å². The summed E-state index contributed by atoms with van der Waals surface area (Å²) in [6, 6.07) is 0. The second-order valence-electron chi connectivity index (χ2n) is 4.12. The molecule has 17 heavy (non-hydrogen) atoms. The Labute approximate surface area is 98.6 Å². The lowest BCUT2D eigenvalue weighted by molar-refractivity contribution is 0.153. The van der Waals surface area contributed by atoms with E-state index >= 15 is 0 Å². The van der Waals surface area contributed by atoms with E-state index in [2.05, 4.69) is 0 Å². The molecule has 1 aliphatic rings. The molecule has 1 heterocycles. The van der Waals surface area contributed by atoms with E-state index in [4.69, 9.17) is 19.6 Å². The highest BCUT2D eigenvalue weighted by Crippen LogP contribution is 2.50. The third-order valence-corrected chi connectivity index (χ3v) is 5.06. The molecule has 0 aromatic heterocycles. The van der Waals surface area contributed by atoms with Crippen molar-refractivity contribution in [3.05, 3.63) is 0 Å². The second kappa shape index (κ2) is 5.47. The molecule has 102 valence electrons. The number of hydrogen-bond acceptors (Lipinski definition) is 4. The number of aliphatic hydroxyl groups excluding tert-OH is 1. The molecule has 1 fully saturated rings. The summed E-state index contributed by atoms with van der Waals surface area (Å²) < 4.78 is 22.1. The predicted octanol–water partition coefficient (Wildman–Crippen LogP) is -0.528. The van der Waals surface area contributed by atoms with Gasteiger partial charge in [-0.1, -0.05) is 0 Å². The van der Waals surface area contributed by atoms with E-state index in [9.17, 15) is 14.2 Å². The molecule has 2 atom stereocenters. The summed E-state index contributed by atoms with van der Waals surface area (Å²) >= 11 is 0. The Kier molecular flexibility index (Phi) is 4.91. The van der Waals surface area contributed by atoms with E-state index in [0.29, 0.717) is 13.1 Å². The molecular formula is C7H17NO7P2. The Morgan fingerprint density at radius 1 is 1.00 bits per heavy atom. The molecule has 0 aromatic carbocycles. The summed E-state index contributed by atoms with van der Waals surface area (Å²) in [5, 5.41) is 9.25. The summed E-state index contributed by atoms with van der Waals surface area (Å²) in [4.78, 5) is 37.3. The summed E-state index contributed by atoms with van der Waals surface area (Å²) in [5.41, 5.74) is 0. The number of rotatable bonds is 5. The van der Waals surface area contributed by atoms with Gasteiger partial charge in [0.25, 0.3) is 0 Å². The zero-order chi connectivity index (χ0) is 13.3. The molecule has 0 spiro atoms. The van der Waals surface area contributed by atoms with Gasteiger partial charge >= 0.3 is 15.2 Å². The van der Waals surface area contributed by atoms with Crippen LogP contribution in [0.15, 0.2) is 0 Å². The maximum atomic E-state index is 11.3. The Bertz CT molecular complexity index is 344. The first-order chi connectivity index (χ1) is 7.62. The first-order valence-electron chi connectivity index (χ1n) is 5.15. The molecule has 0 bridgehead atoms. The van der Waals surface area contributed by atoms with E-state index in [1.165, 1.54) is 4.90 Å². The van der Waals surface area contributed by atoms with Gasteiger partial charge in [-0.25, -0.2) is 0 Å². The fourth-order valence-electron chi connectivity index (χ4n) is 1.86. The highest BCUT2D eigenvalue weighted by molar-refractivity contribution is 7.53. The van der Waals surface area contributed by atoms with Crippen molar-refractivity contribution in [1.82, 2.24) is 4.90 Å². The Hall–Kier alpha value is 0.220. The summed E-state index contributed by atoms with van der Waals surface area (Å²) in [7, 11) is -9.26. The summed E-state index contributed by atoms with van der Waals surface area (Å²) in [6.07, 6.45) is 0.930. The van der Waals surface area contributed by atoms with E-state index in [1.807, 2.05) is 0 Å². The van der Waals surface area contributed by atoms with Gasteiger partial charge in [-0.2, -0.15) is 0 Å². The fourth-order valence-corrected chi connectivity index (χ4v) is 3.64. The molecule has 0 saturated carbocycles. The van der Waals surface area contributed by atoms with Crippen LogP contribution in [0.3, 0.4) is 0 Å². The minimum atomic E-state index is -4.73. The average Bonchev–Trinajstić information content (AvgIpc) is 2.62. The van der Waals surface area contributed by atoms with E-state index < -0.39 is 33.2 Å². The molecule has 10 heteroatoms. The average molecular weight is 289 g/mol. The van der Waals surface area contributed by atoms with Crippen LogP contribution >= 0.6 is 15.2 Å². The lowest BCUT2D eigenvalue weighted by atomic mass is 10.4. The highest BCUT2D eigenvalue weighted by Gasteiger charge is 2.41. The highest BCUT2D eigenvalue weighted by atomic mass is 31.2. The monoisotopic (exact) mass is 289 g/mol. The largest absolute Gasteiger partial charge is 0.380 e. The number of hydrogen-bond donors (Lipinski definition) is 5. The SMILES string of the molecule is O=P(O)(O)C(O)CC(N1CCCC1)P(=O)(O)O. The standard InChI is InChI=1S/C7H17NO7P2/c9-7(17(13,14)15)5-6(16(10,11)12)8-3-1-2-4-8/h6-7,9H,1-5H2,(H2,10,11,12)(H2,13,14,15). The molecule has 2 unspecified atom stereocenters. The van der Waals surface area contributed by atoms with Crippen LogP contribution < -0.4 is 0 Å². The van der Waals surface area contributed by atoms with E-state index in [1.54, 1.807) is 0 Å². The molecule has 8 nitrogen and oxygen atoms in total. The van der Waals surface area contributed by atoms with Crippen LogP contribution in [0, 0.1) is 0 Å². The molecule has 0 aliphatic carbocycles. The number of nitrogens with zero attached hydrogens (tertiary/aromatic N) is 1. The third-order valence-electron chi connectivity index (χ3n) is 2.76.